The number of rotatable bonds is 10. The van der Waals surface area contributed by atoms with Gasteiger partial charge in [-0.3, -0.25) is 9.10 Å². The zero-order chi connectivity index (χ0) is 21.4. The molecule has 0 aliphatic heterocycles. The van der Waals surface area contributed by atoms with Crippen LogP contribution in [0.4, 0.5) is 11.4 Å². The van der Waals surface area contributed by atoms with Crippen LogP contribution < -0.4 is 14.4 Å². The summed E-state index contributed by atoms with van der Waals surface area (Å²) in [6.07, 6.45) is 3.44. The highest BCUT2D eigenvalue weighted by Gasteiger charge is 2.19. The molecule has 0 saturated carbocycles. The van der Waals surface area contributed by atoms with Crippen LogP contribution in [0.25, 0.3) is 0 Å². The van der Waals surface area contributed by atoms with E-state index in [2.05, 4.69) is 11.9 Å². The fourth-order valence-corrected chi connectivity index (χ4v) is 3.89. The zero-order valence-corrected chi connectivity index (χ0v) is 18.0. The molecule has 2 aromatic rings. The summed E-state index contributed by atoms with van der Waals surface area (Å²) in [5.74, 6) is 0.459. The number of carbonyl (C=O) groups excluding carboxylic acids is 1. The molecule has 1 amide bonds. The largest absolute Gasteiger partial charge is 0.489 e. The SMILES string of the molecule is C=CCOc1cccc(NC(=O)CCCN(c2cc(C)ccc2C)S(C)(=O)=O)c1. The smallest absolute Gasteiger partial charge is 0.232 e. The topological polar surface area (TPSA) is 75.7 Å². The molecule has 0 atom stereocenters. The Balaban J connectivity index is 1.98. The minimum Gasteiger partial charge on any atom is -0.489 e. The Labute approximate surface area is 173 Å². The highest BCUT2D eigenvalue weighted by Crippen LogP contribution is 2.24. The van der Waals surface area contributed by atoms with Gasteiger partial charge < -0.3 is 10.1 Å². The van der Waals surface area contributed by atoms with Crippen molar-refractivity contribution in [2.24, 2.45) is 0 Å². The molecule has 2 aromatic carbocycles. The van der Waals surface area contributed by atoms with E-state index in [9.17, 15) is 13.2 Å². The van der Waals surface area contributed by atoms with Crippen molar-refractivity contribution in [3.05, 3.63) is 66.2 Å². The van der Waals surface area contributed by atoms with Gasteiger partial charge in [0.1, 0.15) is 12.4 Å². The number of nitrogens with one attached hydrogen (secondary N) is 1. The molecule has 0 heterocycles. The van der Waals surface area contributed by atoms with Crippen LogP contribution in [0, 0.1) is 13.8 Å². The predicted octanol–water partition coefficient (Wildman–Crippen LogP) is 4.05. The van der Waals surface area contributed by atoms with Gasteiger partial charge in [-0.15, -0.1) is 0 Å². The van der Waals surface area contributed by atoms with Gasteiger partial charge >= 0.3 is 0 Å². The van der Waals surface area contributed by atoms with Crippen LogP contribution in [0.3, 0.4) is 0 Å². The Morgan fingerprint density at radius 3 is 2.66 bits per heavy atom. The predicted molar refractivity (Wildman–Crippen MR) is 118 cm³/mol. The van der Waals surface area contributed by atoms with E-state index in [0.717, 1.165) is 11.1 Å². The van der Waals surface area contributed by atoms with Gasteiger partial charge in [0.2, 0.25) is 15.9 Å². The third-order valence-electron chi connectivity index (χ3n) is 4.28. The molecule has 0 aromatic heterocycles. The highest BCUT2D eigenvalue weighted by atomic mass is 32.2. The molecule has 0 aliphatic rings. The molecular formula is C22H28N2O4S. The van der Waals surface area contributed by atoms with Crippen LogP contribution >= 0.6 is 0 Å². The van der Waals surface area contributed by atoms with Crippen molar-refractivity contribution in [1.29, 1.82) is 0 Å². The molecule has 0 bridgehead atoms. The van der Waals surface area contributed by atoms with Gasteiger partial charge in [-0.2, -0.15) is 0 Å². The average Bonchev–Trinajstić information content (AvgIpc) is 2.65. The standard InChI is InChI=1S/C22H28N2O4S/c1-5-14-28-20-9-6-8-19(16-20)23-22(25)10-7-13-24(29(4,26)27)21-15-17(2)11-12-18(21)3/h5-6,8-9,11-12,15-16H,1,7,10,13-14H2,2-4H3,(H,23,25). The van der Waals surface area contributed by atoms with E-state index in [1.54, 1.807) is 30.3 Å². The van der Waals surface area contributed by atoms with E-state index >= 15 is 0 Å². The highest BCUT2D eigenvalue weighted by molar-refractivity contribution is 7.92. The van der Waals surface area contributed by atoms with Crippen molar-refractivity contribution in [3.63, 3.8) is 0 Å². The zero-order valence-electron chi connectivity index (χ0n) is 17.1. The Kier molecular flexibility index (Phi) is 7.84. The van der Waals surface area contributed by atoms with Crippen LogP contribution in [-0.2, 0) is 14.8 Å². The summed E-state index contributed by atoms with van der Waals surface area (Å²) in [4.78, 5) is 12.3. The molecule has 29 heavy (non-hydrogen) atoms. The molecule has 6 nitrogen and oxygen atoms in total. The Morgan fingerprint density at radius 1 is 1.21 bits per heavy atom. The number of aryl methyl sites for hydroxylation is 2. The summed E-state index contributed by atoms with van der Waals surface area (Å²) in [5, 5.41) is 2.82. The van der Waals surface area contributed by atoms with E-state index in [1.807, 2.05) is 32.0 Å². The summed E-state index contributed by atoms with van der Waals surface area (Å²) in [7, 11) is -3.45. The molecule has 0 aliphatic carbocycles. The lowest BCUT2D eigenvalue weighted by Crippen LogP contribution is -2.32. The number of carbonyl (C=O) groups is 1. The number of sulfonamides is 1. The number of anilines is 2. The summed E-state index contributed by atoms with van der Waals surface area (Å²) in [6, 6.07) is 12.8. The van der Waals surface area contributed by atoms with Crippen LogP contribution in [0.5, 0.6) is 5.75 Å². The number of hydrogen-bond donors (Lipinski definition) is 1. The van der Waals surface area contributed by atoms with Crippen molar-refractivity contribution in [2.75, 3.05) is 29.0 Å². The number of amides is 1. The second-order valence-corrected chi connectivity index (χ2v) is 8.81. The van der Waals surface area contributed by atoms with Crippen LogP contribution in [0.1, 0.15) is 24.0 Å². The van der Waals surface area contributed by atoms with Gasteiger partial charge in [0.25, 0.3) is 0 Å². The normalized spacial score (nSPS) is 11.0. The maximum Gasteiger partial charge on any atom is 0.232 e. The lowest BCUT2D eigenvalue weighted by atomic mass is 10.1. The molecule has 0 spiro atoms. The molecule has 0 saturated heterocycles. The molecule has 7 heteroatoms. The third-order valence-corrected chi connectivity index (χ3v) is 5.46. The summed E-state index contributed by atoms with van der Waals surface area (Å²) in [5.41, 5.74) is 3.14. The maximum atomic E-state index is 12.3. The minimum atomic E-state index is -3.45. The number of hydrogen-bond acceptors (Lipinski definition) is 4. The lowest BCUT2D eigenvalue weighted by Gasteiger charge is -2.24. The molecule has 1 N–H and O–H groups in total. The summed E-state index contributed by atoms with van der Waals surface area (Å²) >= 11 is 0. The van der Waals surface area contributed by atoms with E-state index < -0.39 is 10.0 Å². The Bertz CT molecular complexity index is 971. The first-order chi connectivity index (χ1) is 13.7. The van der Waals surface area contributed by atoms with Crippen molar-refractivity contribution in [3.8, 4) is 5.75 Å². The third kappa shape index (κ3) is 6.94. The minimum absolute atomic E-state index is 0.180. The van der Waals surface area contributed by atoms with E-state index in [1.165, 1.54) is 10.6 Å². The fraction of sp³-hybridized carbons (Fsp3) is 0.318. The summed E-state index contributed by atoms with van der Waals surface area (Å²) < 4.78 is 31.4. The number of nitrogens with zero attached hydrogens (tertiary/aromatic N) is 1. The van der Waals surface area contributed by atoms with Gasteiger partial charge in [-0.05, 0) is 49.6 Å². The van der Waals surface area contributed by atoms with Crippen LogP contribution in [-0.4, -0.2) is 33.7 Å². The molecule has 0 radical (unpaired) electrons. The number of ether oxygens (including phenoxy) is 1. The molecule has 0 unspecified atom stereocenters. The number of benzene rings is 2. The van der Waals surface area contributed by atoms with Gasteiger partial charge in [-0.25, -0.2) is 8.42 Å². The average molecular weight is 417 g/mol. The second kappa shape index (κ2) is 10.1. The second-order valence-electron chi connectivity index (χ2n) is 6.90. The van der Waals surface area contributed by atoms with Crippen molar-refractivity contribution < 1.29 is 17.9 Å². The van der Waals surface area contributed by atoms with E-state index in [-0.39, 0.29) is 18.9 Å². The van der Waals surface area contributed by atoms with E-state index in [4.69, 9.17) is 4.74 Å². The van der Waals surface area contributed by atoms with Gasteiger partial charge in [-0.1, -0.05) is 30.9 Å². The Hall–Kier alpha value is -2.80. The van der Waals surface area contributed by atoms with Crippen molar-refractivity contribution >= 4 is 27.3 Å². The maximum absolute atomic E-state index is 12.3. The fourth-order valence-electron chi connectivity index (χ4n) is 2.88. The monoisotopic (exact) mass is 416 g/mol. The van der Waals surface area contributed by atoms with Crippen molar-refractivity contribution in [2.45, 2.75) is 26.7 Å². The Morgan fingerprint density at radius 2 is 1.97 bits per heavy atom. The first-order valence-corrected chi connectivity index (χ1v) is 11.2. The van der Waals surface area contributed by atoms with Crippen LogP contribution in [0.2, 0.25) is 0 Å². The molecule has 156 valence electrons. The first kappa shape index (κ1) is 22.5. The lowest BCUT2D eigenvalue weighted by molar-refractivity contribution is -0.116. The van der Waals surface area contributed by atoms with Gasteiger partial charge in [0.15, 0.2) is 0 Å². The van der Waals surface area contributed by atoms with Gasteiger partial charge in [0.05, 0.1) is 11.9 Å². The molecule has 2 rings (SSSR count). The van der Waals surface area contributed by atoms with Gasteiger partial charge in [0, 0.05) is 24.7 Å². The quantitative estimate of drug-likeness (QED) is 0.593. The van der Waals surface area contributed by atoms with E-state index in [0.29, 0.717) is 30.2 Å². The molecular weight excluding hydrogens is 388 g/mol. The van der Waals surface area contributed by atoms with Crippen molar-refractivity contribution in [1.82, 2.24) is 0 Å². The molecule has 0 fully saturated rings. The van der Waals surface area contributed by atoms with Crippen LogP contribution in [0.15, 0.2) is 55.1 Å². The first-order valence-electron chi connectivity index (χ1n) is 9.39. The summed E-state index contributed by atoms with van der Waals surface area (Å²) in [6.45, 7) is 8.02.